The molecule has 0 radical (unpaired) electrons. The fourth-order valence-electron chi connectivity index (χ4n) is 2.62. The second-order valence-corrected chi connectivity index (χ2v) is 5.82. The maximum Gasteiger partial charge on any atom is 0.231 e. The first-order valence-electron chi connectivity index (χ1n) is 8.34. The van der Waals surface area contributed by atoms with Crippen molar-refractivity contribution in [3.8, 4) is 17.2 Å². The van der Waals surface area contributed by atoms with Crippen molar-refractivity contribution in [2.75, 3.05) is 34.0 Å². The molecule has 0 aromatic heterocycles. The second-order valence-electron chi connectivity index (χ2n) is 5.82. The number of guanidine groups is 1. The molecule has 0 fully saturated rings. The Labute approximate surface area is 152 Å². The predicted octanol–water partition coefficient (Wildman–Crippen LogP) is 2.64. The molecule has 0 spiro atoms. The molecule has 3 rings (SSSR count). The van der Waals surface area contributed by atoms with E-state index in [0.717, 1.165) is 23.0 Å². The van der Waals surface area contributed by atoms with E-state index in [4.69, 9.17) is 14.2 Å². The van der Waals surface area contributed by atoms with Gasteiger partial charge in [0.15, 0.2) is 17.5 Å². The minimum Gasteiger partial charge on any atom is -0.492 e. The van der Waals surface area contributed by atoms with Gasteiger partial charge in [-0.1, -0.05) is 12.1 Å². The van der Waals surface area contributed by atoms with Gasteiger partial charge in [-0.05, 0) is 29.8 Å². The van der Waals surface area contributed by atoms with Crippen molar-refractivity contribution in [3.63, 3.8) is 0 Å². The van der Waals surface area contributed by atoms with Crippen LogP contribution in [0.4, 0.5) is 4.39 Å². The number of nitrogens with one attached hydrogen (secondary N) is 1. The molecule has 0 bridgehead atoms. The van der Waals surface area contributed by atoms with Gasteiger partial charge in [0.1, 0.15) is 18.2 Å². The number of fused-ring (bicyclic) bond motifs is 1. The molecule has 0 saturated carbocycles. The number of ether oxygens (including phenoxy) is 3. The Morgan fingerprint density at radius 3 is 2.73 bits per heavy atom. The van der Waals surface area contributed by atoms with Crippen LogP contribution >= 0.6 is 0 Å². The molecule has 0 amide bonds. The van der Waals surface area contributed by atoms with Gasteiger partial charge in [-0.15, -0.1) is 0 Å². The first kappa shape index (κ1) is 17.8. The van der Waals surface area contributed by atoms with E-state index in [0.29, 0.717) is 25.4 Å². The highest BCUT2D eigenvalue weighted by molar-refractivity contribution is 5.79. The smallest absolute Gasteiger partial charge is 0.231 e. The number of hydrogen-bond acceptors (Lipinski definition) is 4. The van der Waals surface area contributed by atoms with Crippen molar-refractivity contribution < 1.29 is 18.6 Å². The number of hydrogen-bond donors (Lipinski definition) is 1. The maximum atomic E-state index is 13.0. The van der Waals surface area contributed by atoms with Crippen LogP contribution in [0, 0.1) is 5.82 Å². The number of nitrogens with zero attached hydrogens (tertiary/aromatic N) is 2. The van der Waals surface area contributed by atoms with Gasteiger partial charge in [0.05, 0.1) is 6.54 Å². The predicted molar refractivity (Wildman–Crippen MR) is 97.3 cm³/mol. The van der Waals surface area contributed by atoms with Gasteiger partial charge in [0.25, 0.3) is 0 Å². The van der Waals surface area contributed by atoms with Crippen molar-refractivity contribution in [2.45, 2.75) is 6.54 Å². The van der Waals surface area contributed by atoms with Gasteiger partial charge < -0.3 is 24.4 Å². The van der Waals surface area contributed by atoms with E-state index in [-0.39, 0.29) is 12.6 Å². The van der Waals surface area contributed by atoms with Crippen LogP contribution in [0.5, 0.6) is 17.2 Å². The number of aliphatic imine (C=N–C) groups is 1. The van der Waals surface area contributed by atoms with E-state index in [2.05, 4.69) is 10.3 Å². The van der Waals surface area contributed by atoms with Crippen LogP contribution in [0.15, 0.2) is 47.5 Å². The zero-order valence-corrected chi connectivity index (χ0v) is 14.9. The van der Waals surface area contributed by atoms with E-state index < -0.39 is 0 Å². The second kappa shape index (κ2) is 8.42. The molecule has 1 N–H and O–H groups in total. The number of halogens is 1. The molecule has 6 nitrogen and oxygen atoms in total. The normalized spacial score (nSPS) is 12.8. The highest BCUT2D eigenvalue weighted by atomic mass is 19.1. The van der Waals surface area contributed by atoms with Gasteiger partial charge in [0, 0.05) is 26.7 Å². The summed E-state index contributed by atoms with van der Waals surface area (Å²) in [6.07, 6.45) is 0. The van der Waals surface area contributed by atoms with Crippen molar-refractivity contribution in [3.05, 3.63) is 53.8 Å². The number of benzene rings is 2. The van der Waals surface area contributed by atoms with Crippen LogP contribution in [0.25, 0.3) is 0 Å². The average Bonchev–Trinajstić information content (AvgIpc) is 3.11. The Kier molecular flexibility index (Phi) is 5.78. The third kappa shape index (κ3) is 4.56. The summed E-state index contributed by atoms with van der Waals surface area (Å²) < 4.78 is 29.3. The molecule has 1 aliphatic heterocycles. The van der Waals surface area contributed by atoms with Crippen molar-refractivity contribution >= 4 is 5.96 Å². The van der Waals surface area contributed by atoms with Gasteiger partial charge in [0.2, 0.25) is 6.79 Å². The third-order valence-electron chi connectivity index (χ3n) is 3.90. The zero-order valence-electron chi connectivity index (χ0n) is 14.9. The Hall–Kier alpha value is -2.96. The zero-order chi connectivity index (χ0) is 18.4. The lowest BCUT2D eigenvalue weighted by atomic mass is 10.2. The van der Waals surface area contributed by atoms with E-state index >= 15 is 0 Å². The van der Waals surface area contributed by atoms with Crippen LogP contribution in [-0.2, 0) is 6.54 Å². The van der Waals surface area contributed by atoms with Crippen LogP contribution in [0.2, 0.25) is 0 Å². The van der Waals surface area contributed by atoms with Crippen LogP contribution in [0.1, 0.15) is 5.56 Å². The Morgan fingerprint density at radius 2 is 1.96 bits per heavy atom. The Bertz CT molecular complexity index is 765. The van der Waals surface area contributed by atoms with Gasteiger partial charge in [-0.3, -0.25) is 4.99 Å². The molecule has 1 aliphatic rings. The fraction of sp³-hybridized carbons (Fsp3) is 0.316. The molecular formula is C19H22FN3O3. The summed E-state index contributed by atoms with van der Waals surface area (Å²) in [5.41, 5.74) is 1.01. The lowest BCUT2D eigenvalue weighted by Crippen LogP contribution is -2.40. The molecule has 138 valence electrons. The highest BCUT2D eigenvalue weighted by Gasteiger charge is 2.13. The molecule has 0 saturated heterocycles. The summed E-state index contributed by atoms with van der Waals surface area (Å²) in [4.78, 5) is 6.22. The summed E-state index contributed by atoms with van der Waals surface area (Å²) in [5, 5.41) is 3.24. The highest BCUT2D eigenvalue weighted by Crippen LogP contribution is 2.34. The van der Waals surface area contributed by atoms with Crippen LogP contribution < -0.4 is 19.5 Å². The van der Waals surface area contributed by atoms with E-state index in [1.807, 2.05) is 30.1 Å². The number of rotatable bonds is 6. The van der Waals surface area contributed by atoms with Gasteiger partial charge in [-0.2, -0.15) is 0 Å². The van der Waals surface area contributed by atoms with E-state index in [1.54, 1.807) is 19.2 Å². The summed E-state index contributed by atoms with van der Waals surface area (Å²) in [6, 6.07) is 11.9. The first-order valence-corrected chi connectivity index (χ1v) is 8.34. The van der Waals surface area contributed by atoms with Gasteiger partial charge >= 0.3 is 0 Å². The average molecular weight is 359 g/mol. The minimum atomic E-state index is -0.237. The summed E-state index contributed by atoms with van der Waals surface area (Å²) in [7, 11) is 3.65. The maximum absolute atomic E-state index is 13.0. The Balaban J connectivity index is 1.44. The quantitative estimate of drug-likeness (QED) is 0.488. The molecule has 0 unspecified atom stereocenters. The first-order chi connectivity index (χ1) is 12.7. The largest absolute Gasteiger partial charge is 0.492 e. The Morgan fingerprint density at radius 1 is 1.19 bits per heavy atom. The van der Waals surface area contributed by atoms with Crippen molar-refractivity contribution in [1.82, 2.24) is 10.2 Å². The van der Waals surface area contributed by atoms with Crippen LogP contribution in [0.3, 0.4) is 0 Å². The summed E-state index contributed by atoms with van der Waals surface area (Å²) in [6.45, 7) is 1.94. The standard InChI is InChI=1S/C19H22FN3O3/c1-21-19(23(2)12-14-3-5-15(20)6-4-14)22-9-10-24-16-7-8-17-18(11-16)26-13-25-17/h3-8,11H,9-10,12-13H2,1-2H3,(H,21,22). The van der Waals surface area contributed by atoms with Crippen molar-refractivity contribution in [1.29, 1.82) is 0 Å². The van der Waals surface area contributed by atoms with Gasteiger partial charge in [-0.25, -0.2) is 4.39 Å². The lowest BCUT2D eigenvalue weighted by Gasteiger charge is -2.22. The molecular weight excluding hydrogens is 337 g/mol. The molecule has 2 aromatic rings. The van der Waals surface area contributed by atoms with E-state index in [9.17, 15) is 4.39 Å². The molecule has 1 heterocycles. The SMILES string of the molecule is CN=C(NCCOc1ccc2c(c1)OCO2)N(C)Cc1ccc(F)cc1. The molecule has 0 atom stereocenters. The molecule has 26 heavy (non-hydrogen) atoms. The fourth-order valence-corrected chi connectivity index (χ4v) is 2.62. The molecule has 2 aromatic carbocycles. The summed E-state index contributed by atoms with van der Waals surface area (Å²) in [5.74, 6) is 2.66. The molecule has 7 heteroatoms. The molecule has 0 aliphatic carbocycles. The van der Waals surface area contributed by atoms with Crippen molar-refractivity contribution in [2.24, 2.45) is 4.99 Å². The lowest BCUT2D eigenvalue weighted by molar-refractivity contribution is 0.173. The minimum absolute atomic E-state index is 0.237. The summed E-state index contributed by atoms with van der Waals surface area (Å²) >= 11 is 0. The topological polar surface area (TPSA) is 55.3 Å². The monoisotopic (exact) mass is 359 g/mol. The third-order valence-corrected chi connectivity index (χ3v) is 3.90. The van der Waals surface area contributed by atoms with Crippen LogP contribution in [-0.4, -0.2) is 44.9 Å². The van der Waals surface area contributed by atoms with E-state index in [1.165, 1.54) is 12.1 Å².